The second-order valence-corrected chi connectivity index (χ2v) is 11.4. The minimum absolute atomic E-state index is 0.00656. The van der Waals surface area contributed by atoms with Crippen LogP contribution in [0.1, 0.15) is 70.9 Å². The summed E-state index contributed by atoms with van der Waals surface area (Å²) in [5.74, 6) is 0.480. The lowest BCUT2D eigenvalue weighted by Crippen LogP contribution is -2.55. The van der Waals surface area contributed by atoms with Crippen LogP contribution in [0.4, 0.5) is 0 Å². The molecule has 0 spiro atoms. The van der Waals surface area contributed by atoms with E-state index in [2.05, 4.69) is 18.8 Å². The molecule has 1 aromatic heterocycles. The quantitative estimate of drug-likeness (QED) is 0.607. The van der Waals surface area contributed by atoms with Crippen LogP contribution >= 0.6 is 0 Å². The minimum Gasteiger partial charge on any atom is -0.396 e. The summed E-state index contributed by atoms with van der Waals surface area (Å²) < 4.78 is 0. The molecule has 4 saturated carbocycles. The highest BCUT2D eigenvalue weighted by Gasteiger charge is 2.82. The van der Waals surface area contributed by atoms with E-state index in [1.54, 1.807) is 6.20 Å². The largest absolute Gasteiger partial charge is 0.396 e. The van der Waals surface area contributed by atoms with E-state index in [-0.39, 0.29) is 40.3 Å². The zero-order valence-corrected chi connectivity index (χ0v) is 18.5. The summed E-state index contributed by atoms with van der Waals surface area (Å²) in [7, 11) is 0. The van der Waals surface area contributed by atoms with Crippen molar-refractivity contribution in [3.63, 3.8) is 0 Å². The summed E-state index contributed by atoms with van der Waals surface area (Å²) in [6.45, 7) is 5.41. The standard InChI is InChI=1S/C25H38N2O3/c1-21(8-6-18(29)13-17(21)14-28)24-11-10-22(2)19(23(24,15-24)16-26)7-9-25(22,30)20-5-3-4-12-27-20/h3-5,12,17-19,28-30H,6-11,13-16,26H2,1-2H3/t17-,18+,19-,21+,22+,23?,24+,25-/m1/s1. The molecule has 5 heteroatoms. The fraction of sp³-hybridized carbons (Fsp3) is 0.800. The average Bonchev–Trinajstić information content (AvgIpc) is 3.38. The maximum absolute atomic E-state index is 12.0. The normalized spacial score (nSPS) is 52.5. The van der Waals surface area contributed by atoms with E-state index in [1.807, 2.05) is 18.2 Å². The molecule has 4 fully saturated rings. The molecule has 4 aliphatic carbocycles. The van der Waals surface area contributed by atoms with Gasteiger partial charge in [0, 0.05) is 18.2 Å². The van der Waals surface area contributed by atoms with Crippen molar-refractivity contribution in [2.45, 2.75) is 76.9 Å². The van der Waals surface area contributed by atoms with E-state index < -0.39 is 5.60 Å². The van der Waals surface area contributed by atoms with Crippen LogP contribution in [0.25, 0.3) is 0 Å². The number of hydrogen-bond donors (Lipinski definition) is 4. The molecule has 0 amide bonds. The highest BCUT2D eigenvalue weighted by atomic mass is 16.3. The number of fused-ring (bicyclic) bond motifs is 3. The lowest BCUT2D eigenvalue weighted by molar-refractivity contribution is -0.146. The van der Waals surface area contributed by atoms with Crippen molar-refractivity contribution in [1.82, 2.24) is 4.98 Å². The summed E-state index contributed by atoms with van der Waals surface area (Å²) in [5.41, 5.74) is 6.36. The molecule has 0 aliphatic heterocycles. The summed E-state index contributed by atoms with van der Waals surface area (Å²) in [5, 5.41) is 32.5. The molecule has 30 heavy (non-hydrogen) atoms. The predicted octanol–water partition coefficient (Wildman–Crippen LogP) is 2.97. The zero-order valence-electron chi connectivity index (χ0n) is 18.5. The summed E-state index contributed by atoms with van der Waals surface area (Å²) in [6, 6.07) is 5.85. The fourth-order valence-electron chi connectivity index (χ4n) is 9.05. The van der Waals surface area contributed by atoms with Crippen molar-refractivity contribution in [3.8, 4) is 0 Å². The van der Waals surface area contributed by atoms with Crippen LogP contribution in [-0.4, -0.2) is 39.6 Å². The second kappa shape index (κ2) is 6.50. The zero-order chi connectivity index (χ0) is 21.4. The first-order valence-electron chi connectivity index (χ1n) is 11.9. The number of hydrogen-bond acceptors (Lipinski definition) is 5. The molecule has 8 atom stereocenters. The van der Waals surface area contributed by atoms with Gasteiger partial charge in [-0.15, -0.1) is 0 Å². The van der Waals surface area contributed by atoms with Crippen molar-refractivity contribution in [2.75, 3.05) is 13.2 Å². The Morgan fingerprint density at radius 2 is 1.90 bits per heavy atom. The van der Waals surface area contributed by atoms with Gasteiger partial charge < -0.3 is 21.1 Å². The first kappa shape index (κ1) is 20.9. The lowest BCUT2D eigenvalue weighted by atomic mass is 9.48. The minimum atomic E-state index is -0.907. The summed E-state index contributed by atoms with van der Waals surface area (Å²) in [6.07, 6.45) is 8.75. The van der Waals surface area contributed by atoms with Crippen molar-refractivity contribution in [3.05, 3.63) is 30.1 Å². The van der Waals surface area contributed by atoms with E-state index in [9.17, 15) is 15.3 Å². The van der Waals surface area contributed by atoms with Crippen LogP contribution in [0.15, 0.2) is 24.4 Å². The van der Waals surface area contributed by atoms with Gasteiger partial charge in [-0.2, -0.15) is 0 Å². The Kier molecular flexibility index (Phi) is 4.52. The van der Waals surface area contributed by atoms with Gasteiger partial charge in [-0.1, -0.05) is 19.9 Å². The van der Waals surface area contributed by atoms with Crippen LogP contribution in [0, 0.1) is 33.5 Å². The topological polar surface area (TPSA) is 99.6 Å². The number of aliphatic hydroxyl groups excluding tert-OH is 2. The highest BCUT2D eigenvalue weighted by molar-refractivity contribution is 5.33. The smallest absolute Gasteiger partial charge is 0.112 e. The van der Waals surface area contributed by atoms with Gasteiger partial charge >= 0.3 is 0 Å². The van der Waals surface area contributed by atoms with Gasteiger partial charge in [0.15, 0.2) is 0 Å². The Morgan fingerprint density at radius 1 is 1.10 bits per heavy atom. The maximum Gasteiger partial charge on any atom is 0.112 e. The Morgan fingerprint density at radius 3 is 2.57 bits per heavy atom. The molecule has 5 N–H and O–H groups in total. The third-order valence-corrected chi connectivity index (χ3v) is 10.9. The van der Waals surface area contributed by atoms with Crippen molar-refractivity contribution in [1.29, 1.82) is 0 Å². The number of nitrogens with two attached hydrogens (primary N) is 1. The van der Waals surface area contributed by atoms with Gasteiger partial charge in [0.05, 0.1) is 11.8 Å². The van der Waals surface area contributed by atoms with Crippen molar-refractivity contribution >= 4 is 0 Å². The first-order valence-corrected chi connectivity index (χ1v) is 11.9. The Labute approximate surface area is 180 Å². The van der Waals surface area contributed by atoms with E-state index in [0.717, 1.165) is 50.6 Å². The maximum atomic E-state index is 12.0. The molecule has 4 aliphatic rings. The van der Waals surface area contributed by atoms with Crippen LogP contribution in [0.2, 0.25) is 0 Å². The molecule has 1 aromatic rings. The van der Waals surface area contributed by atoms with Crippen molar-refractivity contribution in [2.24, 2.45) is 39.2 Å². The van der Waals surface area contributed by atoms with Crippen molar-refractivity contribution < 1.29 is 15.3 Å². The molecular weight excluding hydrogens is 376 g/mol. The molecule has 0 saturated heterocycles. The predicted molar refractivity (Wildman–Crippen MR) is 115 cm³/mol. The Hall–Kier alpha value is -1.01. The number of aromatic nitrogens is 1. The van der Waals surface area contributed by atoms with Gasteiger partial charge in [-0.25, -0.2) is 0 Å². The van der Waals surface area contributed by atoms with Gasteiger partial charge in [0.1, 0.15) is 5.60 Å². The third kappa shape index (κ3) is 2.25. The molecule has 5 nitrogen and oxygen atoms in total. The Bertz CT molecular complexity index is 820. The molecule has 0 radical (unpaired) electrons. The summed E-state index contributed by atoms with van der Waals surface area (Å²) in [4.78, 5) is 4.57. The molecule has 166 valence electrons. The van der Waals surface area contributed by atoms with Crippen LogP contribution in [-0.2, 0) is 5.60 Å². The van der Waals surface area contributed by atoms with E-state index in [4.69, 9.17) is 5.73 Å². The molecular formula is C25H38N2O3. The molecule has 1 unspecified atom stereocenters. The van der Waals surface area contributed by atoms with Gasteiger partial charge in [-0.05, 0) is 98.1 Å². The average molecular weight is 415 g/mol. The lowest BCUT2D eigenvalue weighted by Gasteiger charge is -2.57. The van der Waals surface area contributed by atoms with Gasteiger partial charge in [0.2, 0.25) is 0 Å². The fourth-order valence-corrected chi connectivity index (χ4v) is 9.05. The van der Waals surface area contributed by atoms with Gasteiger partial charge in [-0.3, -0.25) is 4.98 Å². The van der Waals surface area contributed by atoms with Gasteiger partial charge in [0.25, 0.3) is 0 Å². The SMILES string of the molecule is C[C@]1([C@@]23CC[C@@]4(C)[C@@H](CC[C@@]4(O)c4ccccn4)C2(CN)C3)CC[C@H](O)C[C@@H]1CO. The molecule has 1 heterocycles. The highest BCUT2D eigenvalue weighted by Crippen LogP contribution is 2.87. The van der Waals surface area contributed by atoms with Crippen LogP contribution < -0.4 is 5.73 Å². The molecule has 0 bridgehead atoms. The Balaban J connectivity index is 1.54. The third-order valence-electron chi connectivity index (χ3n) is 10.9. The number of rotatable bonds is 4. The van der Waals surface area contributed by atoms with Crippen LogP contribution in [0.3, 0.4) is 0 Å². The molecule has 0 aromatic carbocycles. The number of aliphatic hydroxyl groups is 3. The monoisotopic (exact) mass is 414 g/mol. The van der Waals surface area contributed by atoms with Crippen LogP contribution in [0.5, 0.6) is 0 Å². The number of pyridine rings is 1. The second-order valence-electron chi connectivity index (χ2n) is 11.4. The molecule has 5 rings (SSSR count). The summed E-state index contributed by atoms with van der Waals surface area (Å²) >= 11 is 0. The van der Waals surface area contributed by atoms with E-state index in [0.29, 0.717) is 18.9 Å². The first-order chi connectivity index (χ1) is 14.2. The number of nitrogens with zero attached hydrogens (tertiary/aromatic N) is 1. The van der Waals surface area contributed by atoms with E-state index in [1.165, 1.54) is 0 Å². The van der Waals surface area contributed by atoms with E-state index >= 15 is 0 Å².